The van der Waals surface area contributed by atoms with Gasteiger partial charge in [-0.2, -0.15) is 5.10 Å². The van der Waals surface area contributed by atoms with E-state index in [-0.39, 0.29) is 5.82 Å². The van der Waals surface area contributed by atoms with Crippen LogP contribution in [0.3, 0.4) is 0 Å². The van der Waals surface area contributed by atoms with Crippen LogP contribution in [0.15, 0.2) is 30.3 Å². The number of ether oxygens (including phenoxy) is 1. The lowest BCUT2D eigenvalue weighted by Crippen LogP contribution is -2.06. The summed E-state index contributed by atoms with van der Waals surface area (Å²) in [6.45, 7) is 1.83. The molecule has 24 heavy (non-hydrogen) atoms. The number of halogens is 1. The third kappa shape index (κ3) is 2.35. The highest BCUT2D eigenvalue weighted by molar-refractivity contribution is 6.04. The van der Waals surface area contributed by atoms with Crippen molar-refractivity contribution >= 4 is 17.0 Å². The smallest absolute Gasteiger partial charge is 0.338 e. The quantitative estimate of drug-likeness (QED) is 0.691. The van der Waals surface area contributed by atoms with Gasteiger partial charge in [0.15, 0.2) is 5.65 Å². The number of hydrogen-bond acceptors (Lipinski definition) is 4. The molecule has 1 aliphatic carbocycles. The van der Waals surface area contributed by atoms with Gasteiger partial charge in [-0.05, 0) is 50.1 Å². The SMILES string of the molecule is COC(=O)c1cc(C2CC2)nc2c1c(C)nn2-c1ccc(F)cc1. The van der Waals surface area contributed by atoms with Crippen molar-refractivity contribution in [3.8, 4) is 5.69 Å². The van der Waals surface area contributed by atoms with E-state index in [1.165, 1.54) is 19.2 Å². The molecule has 0 unspecified atom stereocenters. The van der Waals surface area contributed by atoms with Gasteiger partial charge in [-0.25, -0.2) is 18.9 Å². The molecule has 0 bridgehead atoms. The first-order valence-corrected chi connectivity index (χ1v) is 7.83. The molecule has 1 saturated carbocycles. The number of pyridine rings is 1. The Morgan fingerprint density at radius 2 is 2.00 bits per heavy atom. The average Bonchev–Trinajstić information content (AvgIpc) is 3.39. The first kappa shape index (κ1) is 14.8. The third-order valence-electron chi connectivity index (χ3n) is 4.30. The zero-order chi connectivity index (χ0) is 16.8. The molecule has 0 amide bonds. The Labute approximate surface area is 138 Å². The number of carbonyl (C=O) groups is 1. The number of methoxy groups -OCH3 is 1. The van der Waals surface area contributed by atoms with Gasteiger partial charge >= 0.3 is 5.97 Å². The van der Waals surface area contributed by atoms with Gasteiger partial charge in [-0.15, -0.1) is 0 Å². The van der Waals surface area contributed by atoms with Crippen molar-refractivity contribution < 1.29 is 13.9 Å². The molecule has 2 aromatic heterocycles. The standard InChI is InChI=1S/C18H16FN3O2/c1-10-16-14(18(23)24-2)9-15(11-3-4-11)20-17(16)22(21-10)13-7-5-12(19)6-8-13/h5-9,11H,3-4H2,1-2H3. The first-order valence-electron chi connectivity index (χ1n) is 7.83. The summed E-state index contributed by atoms with van der Waals surface area (Å²) >= 11 is 0. The molecule has 1 fully saturated rings. The van der Waals surface area contributed by atoms with Gasteiger partial charge in [0.05, 0.1) is 29.4 Å². The molecule has 2 heterocycles. The molecule has 0 saturated heterocycles. The van der Waals surface area contributed by atoms with Crippen LogP contribution in [-0.2, 0) is 4.74 Å². The van der Waals surface area contributed by atoms with Crippen LogP contribution < -0.4 is 0 Å². The molecule has 0 aliphatic heterocycles. The van der Waals surface area contributed by atoms with Crippen molar-refractivity contribution in [2.45, 2.75) is 25.7 Å². The van der Waals surface area contributed by atoms with Gasteiger partial charge in [0.2, 0.25) is 0 Å². The average molecular weight is 325 g/mol. The summed E-state index contributed by atoms with van der Waals surface area (Å²) in [5.41, 5.74) is 3.35. The maximum absolute atomic E-state index is 13.2. The summed E-state index contributed by atoms with van der Waals surface area (Å²) < 4.78 is 19.8. The van der Waals surface area contributed by atoms with Gasteiger partial charge in [0, 0.05) is 11.6 Å². The molecule has 1 aliphatic rings. The van der Waals surface area contributed by atoms with E-state index in [4.69, 9.17) is 9.72 Å². The van der Waals surface area contributed by atoms with Crippen molar-refractivity contribution in [2.24, 2.45) is 0 Å². The molecule has 0 radical (unpaired) electrons. The summed E-state index contributed by atoms with van der Waals surface area (Å²) in [4.78, 5) is 17.0. The minimum absolute atomic E-state index is 0.311. The summed E-state index contributed by atoms with van der Waals surface area (Å²) in [5.74, 6) is -0.324. The number of carbonyl (C=O) groups excluding carboxylic acids is 1. The number of aryl methyl sites for hydroxylation is 1. The van der Waals surface area contributed by atoms with Crippen LogP contribution in [0.2, 0.25) is 0 Å². The number of fused-ring (bicyclic) bond motifs is 1. The van der Waals surface area contributed by atoms with Gasteiger partial charge in [0.1, 0.15) is 5.82 Å². The van der Waals surface area contributed by atoms with Crippen LogP contribution in [0.4, 0.5) is 4.39 Å². The van der Waals surface area contributed by atoms with Gasteiger partial charge in [0.25, 0.3) is 0 Å². The molecule has 0 atom stereocenters. The Morgan fingerprint density at radius 3 is 2.62 bits per heavy atom. The first-order chi connectivity index (χ1) is 11.6. The van der Waals surface area contributed by atoms with Crippen LogP contribution in [0.1, 0.15) is 40.5 Å². The van der Waals surface area contributed by atoms with E-state index >= 15 is 0 Å². The number of rotatable bonds is 3. The van der Waals surface area contributed by atoms with E-state index < -0.39 is 5.97 Å². The highest BCUT2D eigenvalue weighted by Crippen LogP contribution is 2.40. The van der Waals surface area contributed by atoms with Crippen molar-refractivity contribution in [3.63, 3.8) is 0 Å². The molecule has 6 heteroatoms. The maximum Gasteiger partial charge on any atom is 0.338 e. The number of hydrogen-bond donors (Lipinski definition) is 0. The summed E-state index contributed by atoms with van der Waals surface area (Å²) in [6, 6.07) is 7.86. The molecule has 4 rings (SSSR count). The van der Waals surface area contributed by atoms with Crippen molar-refractivity contribution in [1.82, 2.24) is 14.8 Å². The molecule has 0 N–H and O–H groups in total. The molecule has 5 nitrogen and oxygen atoms in total. The normalized spacial score (nSPS) is 14.1. The Bertz CT molecular complexity index is 943. The third-order valence-corrected chi connectivity index (χ3v) is 4.30. The molecule has 1 aromatic carbocycles. The van der Waals surface area contributed by atoms with Crippen molar-refractivity contribution in [3.05, 3.63) is 53.1 Å². The van der Waals surface area contributed by atoms with Crippen LogP contribution in [-0.4, -0.2) is 27.8 Å². The minimum atomic E-state index is -0.397. The summed E-state index contributed by atoms with van der Waals surface area (Å²) in [7, 11) is 1.37. The second-order valence-corrected chi connectivity index (χ2v) is 6.03. The predicted molar refractivity (Wildman–Crippen MR) is 86.9 cm³/mol. The van der Waals surface area contributed by atoms with Crippen molar-refractivity contribution in [2.75, 3.05) is 7.11 Å². The summed E-state index contributed by atoms with van der Waals surface area (Å²) in [6.07, 6.45) is 2.14. The molecular weight excluding hydrogens is 309 g/mol. The zero-order valence-corrected chi connectivity index (χ0v) is 13.4. The fraction of sp³-hybridized carbons (Fsp3) is 0.278. The van der Waals surface area contributed by atoms with Crippen molar-refractivity contribution in [1.29, 1.82) is 0 Å². The highest BCUT2D eigenvalue weighted by atomic mass is 19.1. The highest BCUT2D eigenvalue weighted by Gasteiger charge is 2.29. The van der Waals surface area contributed by atoms with Crippen LogP contribution >= 0.6 is 0 Å². The number of aromatic nitrogens is 3. The lowest BCUT2D eigenvalue weighted by atomic mass is 10.1. The fourth-order valence-electron chi connectivity index (χ4n) is 2.93. The van der Waals surface area contributed by atoms with Crippen LogP contribution in [0.5, 0.6) is 0 Å². The number of nitrogens with zero attached hydrogens (tertiary/aromatic N) is 3. The van der Waals surface area contributed by atoms with E-state index in [9.17, 15) is 9.18 Å². The second-order valence-electron chi connectivity index (χ2n) is 6.03. The molecule has 122 valence electrons. The van der Waals surface area contributed by atoms with Crippen LogP contribution in [0.25, 0.3) is 16.7 Å². The fourth-order valence-corrected chi connectivity index (χ4v) is 2.93. The Morgan fingerprint density at radius 1 is 1.29 bits per heavy atom. The predicted octanol–water partition coefficient (Wildman–Crippen LogP) is 3.53. The van der Waals surface area contributed by atoms with E-state index in [1.807, 2.05) is 13.0 Å². The van der Waals surface area contributed by atoms with E-state index in [0.717, 1.165) is 18.5 Å². The lowest BCUT2D eigenvalue weighted by molar-refractivity contribution is 0.0602. The Kier molecular flexibility index (Phi) is 3.33. The largest absolute Gasteiger partial charge is 0.465 e. The monoisotopic (exact) mass is 325 g/mol. The summed E-state index contributed by atoms with van der Waals surface area (Å²) in [5, 5.41) is 5.19. The minimum Gasteiger partial charge on any atom is -0.465 e. The zero-order valence-electron chi connectivity index (χ0n) is 13.4. The van der Waals surface area contributed by atoms with E-state index in [2.05, 4.69) is 5.10 Å². The van der Waals surface area contributed by atoms with E-state index in [0.29, 0.717) is 33.9 Å². The van der Waals surface area contributed by atoms with Crippen LogP contribution in [0, 0.1) is 12.7 Å². The Balaban J connectivity index is 2.00. The van der Waals surface area contributed by atoms with E-state index in [1.54, 1.807) is 16.8 Å². The second kappa shape index (κ2) is 5.40. The number of benzene rings is 1. The molecule has 0 spiro atoms. The maximum atomic E-state index is 13.2. The van der Waals surface area contributed by atoms with Gasteiger partial charge < -0.3 is 4.74 Å². The Hall–Kier alpha value is -2.76. The molecular formula is C18H16FN3O2. The topological polar surface area (TPSA) is 57.0 Å². The molecule has 3 aromatic rings. The van der Waals surface area contributed by atoms with Gasteiger partial charge in [-0.3, -0.25) is 0 Å². The van der Waals surface area contributed by atoms with Gasteiger partial charge in [-0.1, -0.05) is 0 Å². The lowest BCUT2D eigenvalue weighted by Gasteiger charge is -2.07. The number of esters is 1.